The maximum Gasteiger partial charge on any atom is 0.330 e. The van der Waals surface area contributed by atoms with E-state index in [9.17, 15) is 14.4 Å². The Labute approximate surface area is 160 Å². The van der Waals surface area contributed by atoms with Gasteiger partial charge in [-0.2, -0.15) is 0 Å². The molecule has 27 heavy (non-hydrogen) atoms. The molecule has 0 saturated carbocycles. The summed E-state index contributed by atoms with van der Waals surface area (Å²) in [5, 5.41) is -0.382. The molecule has 0 bridgehead atoms. The highest BCUT2D eigenvalue weighted by atomic mass is 32.2. The van der Waals surface area contributed by atoms with Crippen LogP contribution < -0.4 is 4.74 Å². The number of hydrogen-bond acceptors (Lipinski definition) is 7. The summed E-state index contributed by atoms with van der Waals surface area (Å²) in [6.45, 7) is 1.01. The summed E-state index contributed by atoms with van der Waals surface area (Å²) in [5.74, 6) is 0.417. The van der Waals surface area contributed by atoms with Crippen molar-refractivity contribution in [1.29, 1.82) is 0 Å². The number of nitrogens with zero attached hydrogens (tertiary/aromatic N) is 1. The van der Waals surface area contributed by atoms with E-state index >= 15 is 0 Å². The van der Waals surface area contributed by atoms with Crippen molar-refractivity contribution >= 4 is 29.4 Å². The lowest BCUT2D eigenvalue weighted by molar-refractivity contribution is -0.152. The number of ether oxygens (including phenoxy) is 2. The zero-order chi connectivity index (χ0) is 19.4. The fourth-order valence-electron chi connectivity index (χ4n) is 2.82. The highest BCUT2D eigenvalue weighted by Crippen LogP contribution is 2.41. The van der Waals surface area contributed by atoms with Crippen molar-refractivity contribution in [3.8, 4) is 5.75 Å². The number of carbonyl (C=O) groups excluding carboxylic acids is 3. The lowest BCUT2D eigenvalue weighted by Crippen LogP contribution is -2.43. The van der Waals surface area contributed by atoms with Crippen LogP contribution in [0.4, 0.5) is 0 Å². The second kappa shape index (κ2) is 8.30. The summed E-state index contributed by atoms with van der Waals surface area (Å²) in [6.07, 6.45) is 1.52. The molecular formula is C19H19NO6S. The van der Waals surface area contributed by atoms with E-state index in [1.54, 1.807) is 36.4 Å². The van der Waals surface area contributed by atoms with Crippen LogP contribution in [-0.2, 0) is 14.3 Å². The molecule has 1 aliphatic rings. The van der Waals surface area contributed by atoms with Gasteiger partial charge in [-0.3, -0.25) is 9.59 Å². The summed E-state index contributed by atoms with van der Waals surface area (Å²) in [4.78, 5) is 38.2. The number of thioether (sulfide) groups is 1. The number of amides is 1. The first-order chi connectivity index (χ1) is 13.0. The Balaban J connectivity index is 1.63. The van der Waals surface area contributed by atoms with Crippen molar-refractivity contribution in [3.63, 3.8) is 0 Å². The predicted molar refractivity (Wildman–Crippen MR) is 98.5 cm³/mol. The summed E-state index contributed by atoms with van der Waals surface area (Å²) in [5.41, 5.74) is 0.418. The third-order valence-corrected chi connectivity index (χ3v) is 5.46. The molecule has 1 fully saturated rings. The molecule has 1 aromatic carbocycles. The fraction of sp³-hybridized carbons (Fsp3) is 0.316. The van der Waals surface area contributed by atoms with Crippen molar-refractivity contribution in [1.82, 2.24) is 4.90 Å². The van der Waals surface area contributed by atoms with Crippen LogP contribution in [0.15, 0.2) is 47.1 Å². The number of hydrogen-bond donors (Lipinski definition) is 0. The first-order valence-corrected chi connectivity index (χ1v) is 9.34. The van der Waals surface area contributed by atoms with Gasteiger partial charge in [0, 0.05) is 18.2 Å². The Hall–Kier alpha value is -2.74. The van der Waals surface area contributed by atoms with Gasteiger partial charge in [-0.1, -0.05) is 0 Å². The number of furan rings is 1. The van der Waals surface area contributed by atoms with Crippen LogP contribution in [0.2, 0.25) is 0 Å². The lowest BCUT2D eigenvalue weighted by Gasteiger charge is -2.25. The summed E-state index contributed by atoms with van der Waals surface area (Å²) >= 11 is 1.42. The van der Waals surface area contributed by atoms with Crippen LogP contribution in [0.1, 0.15) is 28.4 Å². The van der Waals surface area contributed by atoms with E-state index in [1.807, 2.05) is 0 Å². The summed E-state index contributed by atoms with van der Waals surface area (Å²) in [6, 6.07) is 9.26. The molecule has 1 aliphatic heterocycles. The molecule has 1 amide bonds. The first kappa shape index (κ1) is 19.0. The van der Waals surface area contributed by atoms with Gasteiger partial charge in [0.1, 0.15) is 22.9 Å². The van der Waals surface area contributed by atoms with Gasteiger partial charge in [-0.05, 0) is 36.4 Å². The summed E-state index contributed by atoms with van der Waals surface area (Å²) in [7, 11) is 1.54. The molecule has 0 spiro atoms. The molecule has 142 valence electrons. The number of rotatable bonds is 6. The van der Waals surface area contributed by atoms with Crippen LogP contribution in [-0.4, -0.2) is 48.1 Å². The van der Waals surface area contributed by atoms with E-state index in [2.05, 4.69) is 0 Å². The van der Waals surface area contributed by atoms with E-state index in [0.29, 0.717) is 22.8 Å². The molecule has 7 nitrogen and oxygen atoms in total. The van der Waals surface area contributed by atoms with Gasteiger partial charge in [0.2, 0.25) is 5.91 Å². The molecule has 2 aromatic rings. The van der Waals surface area contributed by atoms with Crippen molar-refractivity contribution < 1.29 is 28.3 Å². The van der Waals surface area contributed by atoms with Crippen molar-refractivity contribution in [3.05, 3.63) is 54.0 Å². The monoisotopic (exact) mass is 389 g/mol. The smallest absolute Gasteiger partial charge is 0.330 e. The molecule has 0 unspecified atom stereocenters. The zero-order valence-electron chi connectivity index (χ0n) is 14.9. The van der Waals surface area contributed by atoms with E-state index in [0.717, 1.165) is 0 Å². The van der Waals surface area contributed by atoms with Gasteiger partial charge in [0.15, 0.2) is 12.4 Å². The maximum atomic E-state index is 12.5. The highest BCUT2D eigenvalue weighted by molar-refractivity contribution is 7.99. The van der Waals surface area contributed by atoms with Gasteiger partial charge < -0.3 is 18.8 Å². The Morgan fingerprint density at radius 2 is 1.96 bits per heavy atom. The van der Waals surface area contributed by atoms with Gasteiger partial charge in [-0.15, -0.1) is 11.8 Å². The lowest BCUT2D eigenvalue weighted by atomic mass is 10.1. The molecule has 1 saturated heterocycles. The molecule has 0 N–H and O–H groups in total. The quantitative estimate of drug-likeness (QED) is 0.554. The van der Waals surface area contributed by atoms with E-state index < -0.39 is 12.0 Å². The molecule has 2 heterocycles. The molecule has 8 heteroatoms. The van der Waals surface area contributed by atoms with Crippen LogP contribution in [0.3, 0.4) is 0 Å². The van der Waals surface area contributed by atoms with E-state index in [-0.39, 0.29) is 23.7 Å². The molecule has 2 atom stereocenters. The third-order valence-electron chi connectivity index (χ3n) is 4.18. The minimum Gasteiger partial charge on any atom is -0.497 e. The standard InChI is InChI=1S/C19H19NO6S/c1-12(21)20-15(11-27-18(20)17-4-3-9-25-17)19(23)26-10-16(22)13-5-7-14(24-2)8-6-13/h3-9,15,18H,10-11H2,1-2H3/t15-,18+/m1/s1. The SMILES string of the molecule is COc1ccc(C(=O)COC(=O)[C@H]2CS[C@@H](c3ccco3)N2C(C)=O)cc1. The highest BCUT2D eigenvalue weighted by Gasteiger charge is 2.43. The summed E-state index contributed by atoms with van der Waals surface area (Å²) < 4.78 is 15.6. The second-order valence-corrected chi connectivity index (χ2v) is 7.02. The van der Waals surface area contributed by atoms with Crippen molar-refractivity contribution in [2.45, 2.75) is 18.3 Å². The molecule has 3 rings (SSSR count). The Kier molecular flexibility index (Phi) is 5.85. The van der Waals surface area contributed by atoms with Crippen LogP contribution in [0.5, 0.6) is 5.75 Å². The van der Waals surface area contributed by atoms with E-state index in [4.69, 9.17) is 13.9 Å². The fourth-order valence-corrected chi connectivity index (χ4v) is 4.23. The number of Topliss-reactive ketones (excluding diaryl/α,β-unsaturated/α-hetero) is 1. The Morgan fingerprint density at radius 3 is 2.56 bits per heavy atom. The molecular weight excluding hydrogens is 370 g/mol. The predicted octanol–water partition coefficient (Wildman–Crippen LogP) is 2.68. The Bertz CT molecular complexity index is 817. The van der Waals surface area contributed by atoms with Crippen molar-refractivity contribution in [2.75, 3.05) is 19.5 Å². The molecule has 1 aromatic heterocycles. The van der Waals surface area contributed by atoms with Crippen LogP contribution in [0, 0.1) is 0 Å². The minimum absolute atomic E-state index is 0.259. The zero-order valence-corrected chi connectivity index (χ0v) is 15.7. The minimum atomic E-state index is -0.758. The van der Waals surface area contributed by atoms with Gasteiger partial charge in [0.25, 0.3) is 0 Å². The Morgan fingerprint density at radius 1 is 1.22 bits per heavy atom. The number of ketones is 1. The number of carbonyl (C=O) groups is 3. The first-order valence-electron chi connectivity index (χ1n) is 8.29. The number of methoxy groups -OCH3 is 1. The third kappa shape index (κ3) is 4.16. The van der Waals surface area contributed by atoms with E-state index in [1.165, 1.54) is 37.0 Å². The normalized spacial score (nSPS) is 19.0. The average molecular weight is 389 g/mol. The molecule has 0 aliphatic carbocycles. The second-order valence-electron chi connectivity index (χ2n) is 5.90. The average Bonchev–Trinajstić information content (AvgIpc) is 3.35. The van der Waals surface area contributed by atoms with Crippen LogP contribution in [0.25, 0.3) is 0 Å². The largest absolute Gasteiger partial charge is 0.497 e. The van der Waals surface area contributed by atoms with Gasteiger partial charge in [-0.25, -0.2) is 4.79 Å². The number of benzene rings is 1. The topological polar surface area (TPSA) is 86.1 Å². The van der Waals surface area contributed by atoms with Crippen molar-refractivity contribution in [2.24, 2.45) is 0 Å². The van der Waals surface area contributed by atoms with Crippen LogP contribution >= 0.6 is 11.8 Å². The molecule has 0 radical (unpaired) electrons. The van der Waals surface area contributed by atoms with Gasteiger partial charge >= 0.3 is 5.97 Å². The number of esters is 1. The maximum absolute atomic E-state index is 12.5. The van der Waals surface area contributed by atoms with Gasteiger partial charge in [0.05, 0.1) is 13.4 Å².